The number of hydrogen-bond acceptors (Lipinski definition) is 7. The summed E-state index contributed by atoms with van der Waals surface area (Å²) in [6.45, 7) is 1.55. The van der Waals surface area contributed by atoms with E-state index in [4.69, 9.17) is 9.47 Å². The molecule has 0 radical (unpaired) electrons. The first kappa shape index (κ1) is 21.0. The van der Waals surface area contributed by atoms with Crippen LogP contribution in [0.15, 0.2) is 47.8 Å². The van der Waals surface area contributed by atoms with Gasteiger partial charge in [0.15, 0.2) is 11.6 Å². The van der Waals surface area contributed by atoms with Crippen molar-refractivity contribution in [2.24, 2.45) is 7.05 Å². The molecule has 9 nitrogen and oxygen atoms in total. The molecule has 0 spiro atoms. The van der Waals surface area contributed by atoms with E-state index < -0.39 is 5.82 Å². The molecule has 5 rings (SSSR count). The van der Waals surface area contributed by atoms with Gasteiger partial charge < -0.3 is 19.7 Å². The molecule has 1 aliphatic heterocycles. The van der Waals surface area contributed by atoms with Crippen molar-refractivity contribution in [1.29, 1.82) is 0 Å². The van der Waals surface area contributed by atoms with Gasteiger partial charge in [-0.2, -0.15) is 5.10 Å². The summed E-state index contributed by atoms with van der Waals surface area (Å²) in [5.74, 6) is 0.152. The van der Waals surface area contributed by atoms with E-state index in [-0.39, 0.29) is 11.3 Å². The second-order valence-electron chi connectivity index (χ2n) is 7.74. The van der Waals surface area contributed by atoms with Crippen molar-refractivity contribution < 1.29 is 13.9 Å². The number of hydrogen-bond donors (Lipinski definition) is 1. The predicted molar refractivity (Wildman–Crippen MR) is 122 cm³/mol. The van der Waals surface area contributed by atoms with Crippen molar-refractivity contribution in [2.75, 3.05) is 32.2 Å². The molecule has 0 bridgehead atoms. The maximum Gasteiger partial charge on any atom is 0.265 e. The summed E-state index contributed by atoms with van der Waals surface area (Å²) in [6, 6.07) is 6.91. The van der Waals surface area contributed by atoms with Gasteiger partial charge in [0.25, 0.3) is 5.56 Å². The number of rotatable bonds is 4. The van der Waals surface area contributed by atoms with Gasteiger partial charge in [-0.25, -0.2) is 9.37 Å². The third kappa shape index (κ3) is 3.48. The second kappa shape index (κ2) is 8.21. The van der Waals surface area contributed by atoms with Crippen LogP contribution in [0.4, 0.5) is 15.8 Å². The maximum absolute atomic E-state index is 15.5. The quantitative estimate of drug-likeness (QED) is 0.511. The molecule has 2 aromatic carbocycles. The molecule has 0 atom stereocenters. The van der Waals surface area contributed by atoms with E-state index in [0.717, 1.165) is 0 Å². The van der Waals surface area contributed by atoms with Crippen molar-refractivity contribution in [2.45, 2.75) is 6.54 Å². The lowest BCUT2D eigenvalue weighted by Crippen LogP contribution is -2.25. The zero-order valence-electron chi connectivity index (χ0n) is 18.5. The Morgan fingerprint density at radius 3 is 2.67 bits per heavy atom. The van der Waals surface area contributed by atoms with Crippen LogP contribution in [-0.4, -0.2) is 46.6 Å². The highest BCUT2D eigenvalue weighted by atomic mass is 19.1. The van der Waals surface area contributed by atoms with Crippen molar-refractivity contribution in [3.05, 3.63) is 64.7 Å². The van der Waals surface area contributed by atoms with Gasteiger partial charge in [0.05, 0.1) is 42.7 Å². The summed E-state index contributed by atoms with van der Waals surface area (Å²) in [6.07, 6.45) is 4.83. The Morgan fingerprint density at radius 1 is 1.12 bits per heavy atom. The van der Waals surface area contributed by atoms with Crippen molar-refractivity contribution in [3.8, 4) is 17.2 Å². The summed E-state index contributed by atoms with van der Waals surface area (Å²) in [7, 11) is 4.75. The van der Waals surface area contributed by atoms with Gasteiger partial charge in [0.1, 0.15) is 12.1 Å². The summed E-state index contributed by atoms with van der Waals surface area (Å²) < 4.78 is 29.4. The first-order valence-corrected chi connectivity index (χ1v) is 10.4. The Hall–Kier alpha value is -3.92. The Morgan fingerprint density at radius 2 is 1.94 bits per heavy atom. The molecule has 0 fully saturated rings. The number of aromatic nitrogens is 4. The fraction of sp³-hybridized carbons (Fsp3) is 0.261. The van der Waals surface area contributed by atoms with E-state index in [1.165, 1.54) is 18.0 Å². The minimum atomic E-state index is -0.476. The lowest BCUT2D eigenvalue weighted by atomic mass is 10.1. The van der Waals surface area contributed by atoms with E-state index in [0.29, 0.717) is 58.9 Å². The number of nitrogens with zero attached hydrogens (tertiary/aromatic N) is 5. The average molecular weight is 450 g/mol. The molecule has 0 unspecified atom stereocenters. The van der Waals surface area contributed by atoms with Crippen molar-refractivity contribution in [3.63, 3.8) is 0 Å². The van der Waals surface area contributed by atoms with E-state index >= 15 is 4.39 Å². The number of halogens is 1. The van der Waals surface area contributed by atoms with Gasteiger partial charge in [-0.05, 0) is 18.2 Å². The van der Waals surface area contributed by atoms with Gasteiger partial charge in [0, 0.05) is 50.2 Å². The minimum Gasteiger partial charge on any atom is -0.496 e. The van der Waals surface area contributed by atoms with Crippen LogP contribution in [0, 0.1) is 5.82 Å². The number of nitrogens with one attached hydrogen (secondary N) is 1. The molecule has 1 N–H and O–H groups in total. The minimum absolute atomic E-state index is 0.0962. The molecule has 170 valence electrons. The molecule has 0 amide bonds. The predicted octanol–water partition coefficient (Wildman–Crippen LogP) is 2.52. The van der Waals surface area contributed by atoms with Crippen LogP contribution in [0.25, 0.3) is 16.6 Å². The monoisotopic (exact) mass is 450 g/mol. The summed E-state index contributed by atoms with van der Waals surface area (Å²) in [5.41, 5.74) is 2.67. The third-order valence-electron chi connectivity index (χ3n) is 5.82. The zero-order chi connectivity index (χ0) is 23.1. The zero-order valence-corrected chi connectivity index (χ0v) is 18.5. The van der Waals surface area contributed by atoms with Crippen LogP contribution >= 0.6 is 0 Å². The first-order valence-electron chi connectivity index (χ1n) is 10.4. The number of anilines is 2. The maximum atomic E-state index is 15.5. The number of benzene rings is 2. The third-order valence-corrected chi connectivity index (χ3v) is 5.82. The highest BCUT2D eigenvalue weighted by Gasteiger charge is 2.27. The van der Waals surface area contributed by atoms with Gasteiger partial charge in [-0.3, -0.25) is 14.0 Å². The van der Waals surface area contributed by atoms with Gasteiger partial charge in [-0.1, -0.05) is 0 Å². The molecule has 4 aromatic rings. The molecule has 10 heteroatoms. The van der Waals surface area contributed by atoms with E-state index in [9.17, 15) is 4.79 Å². The smallest absolute Gasteiger partial charge is 0.265 e. The molecule has 1 aliphatic rings. The normalized spacial score (nSPS) is 13.6. The Bertz CT molecular complexity index is 1410. The Balaban J connectivity index is 1.70. The van der Waals surface area contributed by atoms with Crippen LogP contribution in [0.1, 0.15) is 5.56 Å². The van der Waals surface area contributed by atoms with E-state index in [1.807, 2.05) is 11.0 Å². The SMILES string of the molecule is COc1cc(OC)c2c(c1F)N(c1ccc3ncn(-c4cnn(C)c4)c(=O)c3c1)CCNC2. The fourth-order valence-corrected chi connectivity index (χ4v) is 4.19. The molecule has 2 aromatic heterocycles. The topological polar surface area (TPSA) is 86.4 Å². The molecular formula is C23H23FN6O3. The summed E-state index contributed by atoms with van der Waals surface area (Å²) in [5, 5.41) is 7.86. The van der Waals surface area contributed by atoms with Gasteiger partial charge >= 0.3 is 0 Å². The van der Waals surface area contributed by atoms with E-state index in [1.54, 1.807) is 49.4 Å². The number of fused-ring (bicyclic) bond motifs is 2. The van der Waals surface area contributed by atoms with Crippen molar-refractivity contribution in [1.82, 2.24) is 24.6 Å². The van der Waals surface area contributed by atoms with Crippen LogP contribution < -0.4 is 25.2 Å². The highest BCUT2D eigenvalue weighted by Crippen LogP contribution is 2.42. The average Bonchev–Trinajstić information content (AvgIpc) is 3.13. The van der Waals surface area contributed by atoms with Crippen LogP contribution in [0.3, 0.4) is 0 Å². The summed E-state index contributed by atoms with van der Waals surface area (Å²) >= 11 is 0. The van der Waals surface area contributed by atoms with Crippen molar-refractivity contribution >= 4 is 22.3 Å². The number of aryl methyl sites for hydroxylation is 1. The number of ether oxygens (including phenoxy) is 2. The molecule has 0 saturated carbocycles. The molecule has 33 heavy (non-hydrogen) atoms. The van der Waals surface area contributed by atoms with Crippen LogP contribution in [0.2, 0.25) is 0 Å². The fourth-order valence-electron chi connectivity index (χ4n) is 4.19. The first-order chi connectivity index (χ1) is 16.0. The largest absolute Gasteiger partial charge is 0.496 e. The van der Waals surface area contributed by atoms with Crippen LogP contribution in [-0.2, 0) is 13.6 Å². The molecular weight excluding hydrogens is 427 g/mol. The number of methoxy groups -OCH3 is 2. The van der Waals surface area contributed by atoms with Gasteiger partial charge in [0.2, 0.25) is 0 Å². The summed E-state index contributed by atoms with van der Waals surface area (Å²) in [4.78, 5) is 19.6. The van der Waals surface area contributed by atoms with Gasteiger partial charge in [-0.15, -0.1) is 0 Å². The molecule has 0 aliphatic carbocycles. The lowest BCUT2D eigenvalue weighted by molar-refractivity contribution is 0.372. The van der Waals surface area contributed by atoms with Crippen LogP contribution in [0.5, 0.6) is 11.5 Å². The lowest BCUT2D eigenvalue weighted by Gasteiger charge is -2.27. The van der Waals surface area contributed by atoms with E-state index in [2.05, 4.69) is 15.4 Å². The standard InChI is InChI=1S/C23H23FN6O3/c1-28-12-15(10-27-28)30-13-26-18-5-4-14(8-16(18)23(30)31)29-7-6-25-11-17-19(32-2)9-20(33-3)21(24)22(17)29/h4-5,8-10,12-13,25H,6-7,11H2,1-3H3. The second-order valence-corrected chi connectivity index (χ2v) is 7.74. The Labute approximate surface area is 189 Å². The Kier molecular flexibility index (Phi) is 5.21. The molecule has 3 heterocycles. The highest BCUT2D eigenvalue weighted by molar-refractivity contribution is 5.84. The molecule has 0 saturated heterocycles.